The van der Waals surface area contributed by atoms with Crippen molar-refractivity contribution in [2.24, 2.45) is 11.8 Å². The van der Waals surface area contributed by atoms with Crippen LogP contribution in [0.2, 0.25) is 0 Å². The molecule has 0 bridgehead atoms. The third-order valence-electron chi connectivity index (χ3n) is 6.24. The van der Waals surface area contributed by atoms with Crippen molar-refractivity contribution in [2.75, 3.05) is 0 Å². The van der Waals surface area contributed by atoms with Crippen LogP contribution in [0.4, 0.5) is 0 Å². The van der Waals surface area contributed by atoms with Gasteiger partial charge in [-0.2, -0.15) is 10.5 Å². The Morgan fingerprint density at radius 3 is 2.24 bits per heavy atom. The van der Waals surface area contributed by atoms with Crippen molar-refractivity contribution >= 4 is 5.97 Å². The lowest BCUT2D eigenvalue weighted by atomic mass is 9.78. The predicted octanol–water partition coefficient (Wildman–Crippen LogP) is 5.57. The molecule has 0 atom stereocenters. The second kappa shape index (κ2) is 10.6. The fourth-order valence-corrected chi connectivity index (χ4v) is 4.47. The Kier molecular flexibility index (Phi) is 7.65. The maximum absolute atomic E-state index is 12.6. The van der Waals surface area contributed by atoms with Crippen LogP contribution in [0.1, 0.15) is 68.4 Å². The van der Waals surface area contributed by atoms with Crippen LogP contribution in [0.15, 0.2) is 48.6 Å². The van der Waals surface area contributed by atoms with Crippen LogP contribution in [0.25, 0.3) is 0 Å². The highest BCUT2D eigenvalue weighted by Crippen LogP contribution is 2.37. The molecule has 0 unspecified atom stereocenters. The van der Waals surface area contributed by atoms with Gasteiger partial charge >= 0.3 is 5.97 Å². The van der Waals surface area contributed by atoms with Gasteiger partial charge in [-0.15, -0.1) is 0 Å². The van der Waals surface area contributed by atoms with E-state index in [9.17, 15) is 4.79 Å². The molecule has 150 valence electrons. The lowest BCUT2D eigenvalue weighted by Crippen LogP contribution is -2.29. The first-order valence-electron chi connectivity index (χ1n) is 10.6. The van der Waals surface area contributed by atoms with Gasteiger partial charge in [0, 0.05) is 6.08 Å². The number of rotatable bonds is 5. The molecule has 0 spiro atoms. The highest BCUT2D eigenvalue weighted by atomic mass is 16.5. The fourth-order valence-electron chi connectivity index (χ4n) is 4.47. The Morgan fingerprint density at radius 1 is 0.931 bits per heavy atom. The van der Waals surface area contributed by atoms with E-state index in [0.717, 1.165) is 51.4 Å². The lowest BCUT2D eigenvalue weighted by Gasteiger charge is -2.31. The van der Waals surface area contributed by atoms with E-state index < -0.39 is 0 Å². The van der Waals surface area contributed by atoms with Crippen molar-refractivity contribution in [2.45, 2.75) is 63.4 Å². The van der Waals surface area contributed by atoms with Gasteiger partial charge in [-0.1, -0.05) is 30.4 Å². The Labute approximate surface area is 173 Å². The zero-order valence-electron chi connectivity index (χ0n) is 16.8. The molecule has 0 saturated heterocycles. The van der Waals surface area contributed by atoms with Crippen molar-refractivity contribution in [3.05, 3.63) is 59.7 Å². The summed E-state index contributed by atoms with van der Waals surface area (Å²) in [4.78, 5) is 12.6. The van der Waals surface area contributed by atoms with Gasteiger partial charge in [-0.25, -0.2) is 0 Å². The summed E-state index contributed by atoms with van der Waals surface area (Å²) in [7, 11) is 0. The zero-order valence-corrected chi connectivity index (χ0v) is 16.8. The van der Waals surface area contributed by atoms with Crippen LogP contribution in [0, 0.1) is 34.5 Å². The maximum atomic E-state index is 12.6. The molecule has 3 rings (SSSR count). The number of hydrogen-bond donors (Lipinski definition) is 0. The molecule has 0 aromatic heterocycles. The Bertz CT molecular complexity index is 810. The standard InChI is InChI=1S/C25H28N2O2/c26-17-3-1-2-4-19-7-15-24(16-8-19)29-25(28)23-13-11-22(12-14-23)21-9-5-20(18-27)6-10-21/h1-6,9-10,19,22-24H,7-8,11-16H2/b3-1?,4-2+. The molecule has 0 aliphatic heterocycles. The van der Waals surface area contributed by atoms with Gasteiger partial charge in [0.05, 0.1) is 23.6 Å². The minimum Gasteiger partial charge on any atom is -0.462 e. The third kappa shape index (κ3) is 6.06. The number of hydrogen-bond acceptors (Lipinski definition) is 4. The van der Waals surface area contributed by atoms with Crippen molar-refractivity contribution in [3.63, 3.8) is 0 Å². The number of ether oxygens (including phenoxy) is 1. The van der Waals surface area contributed by atoms with Gasteiger partial charge in [0.2, 0.25) is 0 Å². The number of esters is 1. The second-order valence-corrected chi connectivity index (χ2v) is 8.13. The van der Waals surface area contributed by atoms with Crippen LogP contribution in [-0.4, -0.2) is 12.1 Å². The highest BCUT2D eigenvalue weighted by molar-refractivity contribution is 5.72. The molecule has 0 radical (unpaired) electrons. The van der Waals surface area contributed by atoms with E-state index in [2.05, 4.69) is 12.1 Å². The van der Waals surface area contributed by atoms with Crippen LogP contribution < -0.4 is 0 Å². The summed E-state index contributed by atoms with van der Waals surface area (Å²) < 4.78 is 5.84. The largest absolute Gasteiger partial charge is 0.462 e. The quantitative estimate of drug-likeness (QED) is 0.375. The molecule has 4 nitrogen and oxygen atoms in total. The summed E-state index contributed by atoms with van der Waals surface area (Å²) in [5.74, 6) is 0.998. The third-order valence-corrected chi connectivity index (χ3v) is 6.24. The van der Waals surface area contributed by atoms with E-state index in [1.165, 1.54) is 11.6 Å². The summed E-state index contributed by atoms with van der Waals surface area (Å²) in [6.07, 6.45) is 15.0. The summed E-state index contributed by atoms with van der Waals surface area (Å²) in [6.45, 7) is 0. The molecule has 2 fully saturated rings. The Balaban J connectivity index is 1.40. The molecule has 0 N–H and O–H groups in total. The van der Waals surface area contributed by atoms with Gasteiger partial charge in [-0.3, -0.25) is 4.79 Å². The van der Waals surface area contributed by atoms with Gasteiger partial charge in [-0.05, 0) is 80.9 Å². The molecule has 0 amide bonds. The van der Waals surface area contributed by atoms with E-state index in [-0.39, 0.29) is 18.0 Å². The fraction of sp³-hybridized carbons (Fsp3) is 0.480. The summed E-state index contributed by atoms with van der Waals surface area (Å²) in [5.41, 5.74) is 1.96. The summed E-state index contributed by atoms with van der Waals surface area (Å²) in [5, 5.41) is 17.4. The molecule has 2 aliphatic carbocycles. The monoisotopic (exact) mass is 388 g/mol. The molecular weight excluding hydrogens is 360 g/mol. The molecule has 0 heterocycles. The van der Waals surface area contributed by atoms with Crippen LogP contribution >= 0.6 is 0 Å². The maximum Gasteiger partial charge on any atom is 0.309 e. The molecule has 4 heteroatoms. The van der Waals surface area contributed by atoms with Crippen molar-refractivity contribution < 1.29 is 9.53 Å². The predicted molar refractivity (Wildman–Crippen MR) is 112 cm³/mol. The number of nitriles is 2. The number of allylic oxidation sites excluding steroid dienone is 4. The van der Waals surface area contributed by atoms with Gasteiger partial charge in [0.25, 0.3) is 0 Å². The lowest BCUT2D eigenvalue weighted by molar-refractivity contribution is -0.157. The normalized spacial score (nSPS) is 27.4. The van der Waals surface area contributed by atoms with Gasteiger partial charge in [0.15, 0.2) is 0 Å². The number of benzene rings is 1. The second-order valence-electron chi connectivity index (χ2n) is 8.13. The highest BCUT2D eigenvalue weighted by Gasteiger charge is 2.30. The van der Waals surface area contributed by atoms with Crippen molar-refractivity contribution in [1.29, 1.82) is 10.5 Å². The topological polar surface area (TPSA) is 73.9 Å². The number of carbonyl (C=O) groups is 1. The van der Waals surface area contributed by atoms with Gasteiger partial charge < -0.3 is 4.74 Å². The Hall–Kier alpha value is -2.85. The first kappa shape index (κ1) is 20.9. The average molecular weight is 389 g/mol. The van der Waals surface area contributed by atoms with Gasteiger partial charge in [0.1, 0.15) is 6.10 Å². The molecule has 1 aromatic carbocycles. The minimum absolute atomic E-state index is 0.0146. The van der Waals surface area contributed by atoms with Crippen LogP contribution in [0.3, 0.4) is 0 Å². The van der Waals surface area contributed by atoms with Crippen LogP contribution in [-0.2, 0) is 9.53 Å². The number of nitrogens with zero attached hydrogens (tertiary/aromatic N) is 2. The molecule has 2 saturated carbocycles. The first-order chi connectivity index (χ1) is 14.2. The van der Waals surface area contributed by atoms with E-state index in [1.54, 1.807) is 6.08 Å². The smallest absolute Gasteiger partial charge is 0.309 e. The van der Waals surface area contributed by atoms with Crippen molar-refractivity contribution in [3.8, 4) is 12.1 Å². The molecule has 29 heavy (non-hydrogen) atoms. The van der Waals surface area contributed by atoms with E-state index in [1.807, 2.05) is 36.4 Å². The summed E-state index contributed by atoms with van der Waals surface area (Å²) in [6, 6.07) is 12.0. The number of carbonyl (C=O) groups excluding carboxylic acids is 1. The zero-order chi connectivity index (χ0) is 20.5. The molecule has 2 aliphatic rings. The van der Waals surface area contributed by atoms with E-state index >= 15 is 0 Å². The molecular formula is C25H28N2O2. The summed E-state index contributed by atoms with van der Waals surface area (Å²) >= 11 is 0. The van der Waals surface area contributed by atoms with Crippen molar-refractivity contribution in [1.82, 2.24) is 0 Å². The Morgan fingerprint density at radius 2 is 1.62 bits per heavy atom. The minimum atomic E-state index is -0.0146. The van der Waals surface area contributed by atoms with Crippen LogP contribution in [0.5, 0.6) is 0 Å². The van der Waals surface area contributed by atoms with E-state index in [4.69, 9.17) is 15.3 Å². The average Bonchev–Trinajstić information content (AvgIpc) is 2.78. The SMILES string of the molecule is N#CC=C/C=C/C1CCC(OC(=O)C2CCC(c3ccc(C#N)cc3)CC2)CC1. The first-order valence-corrected chi connectivity index (χ1v) is 10.6. The van der Waals surface area contributed by atoms with E-state index in [0.29, 0.717) is 17.4 Å². The molecule has 1 aromatic rings.